The molecule has 5 heterocycles. The zero-order valence-electron chi connectivity index (χ0n) is 46.9. The highest BCUT2D eigenvalue weighted by Gasteiger charge is 2.45. The zero-order chi connectivity index (χ0) is 58.0. The number of aromatic carboxylic acids is 1. The fraction of sp³-hybridized carbons (Fsp3) is 0.312. The minimum absolute atomic E-state index is 0.0226. The van der Waals surface area contributed by atoms with Crippen LogP contribution in [0.4, 0.5) is 10.9 Å². The maximum absolute atomic E-state index is 14.3. The number of hydrogen-bond acceptors (Lipinski definition) is 13. The summed E-state index contributed by atoms with van der Waals surface area (Å²) >= 11 is 2.98. The van der Waals surface area contributed by atoms with Gasteiger partial charge in [-0.05, 0) is 132 Å². The predicted octanol–water partition coefficient (Wildman–Crippen LogP) is 11.7. The number of aliphatic hydroxyl groups excluding tert-OH is 1. The van der Waals surface area contributed by atoms with E-state index in [1.165, 1.54) is 16.2 Å². The molecule has 18 heteroatoms. The van der Waals surface area contributed by atoms with Gasteiger partial charge >= 0.3 is 5.97 Å². The van der Waals surface area contributed by atoms with Gasteiger partial charge in [-0.2, -0.15) is 0 Å². The molecule has 2 aliphatic rings. The van der Waals surface area contributed by atoms with Crippen LogP contribution in [0.2, 0.25) is 0 Å². The Morgan fingerprint density at radius 3 is 2.29 bits per heavy atom. The second kappa shape index (κ2) is 24.0. The third kappa shape index (κ3) is 12.4. The van der Waals surface area contributed by atoms with Crippen LogP contribution >= 0.6 is 22.7 Å². The van der Waals surface area contributed by atoms with Gasteiger partial charge in [0.2, 0.25) is 17.7 Å². The number of benzene rings is 5. The fourth-order valence-electron chi connectivity index (χ4n) is 10.9. The number of carbonyl (C=O) groups excluding carboxylic acids is 4. The maximum atomic E-state index is 14.3. The lowest BCUT2D eigenvalue weighted by Crippen LogP contribution is -2.57. The fourth-order valence-corrected chi connectivity index (χ4v) is 12.5. The van der Waals surface area contributed by atoms with Crippen molar-refractivity contribution < 1.29 is 38.9 Å². The number of nitrogens with one attached hydrogen (secondary N) is 3. The minimum atomic E-state index is -1.18. The lowest BCUT2D eigenvalue weighted by atomic mass is 9.85. The summed E-state index contributed by atoms with van der Waals surface area (Å²) < 4.78 is 7.39. The summed E-state index contributed by atoms with van der Waals surface area (Å²) in [6.07, 6.45) is 0.468. The number of aryl methyl sites for hydroxylation is 1. The van der Waals surface area contributed by atoms with E-state index in [4.69, 9.17) is 9.72 Å². The third-order valence-corrected chi connectivity index (χ3v) is 17.5. The molecule has 2 aliphatic heterocycles. The Labute approximate surface area is 484 Å². The van der Waals surface area contributed by atoms with Crippen LogP contribution in [0.25, 0.3) is 31.8 Å². The number of β-amino-alcohol motifs (C(OH)–C–C–N with tert-alkyl or cyclic N) is 1. The van der Waals surface area contributed by atoms with Crippen molar-refractivity contribution in [3.05, 3.63) is 172 Å². The van der Waals surface area contributed by atoms with Crippen molar-refractivity contribution in [2.24, 2.45) is 5.41 Å². The van der Waals surface area contributed by atoms with E-state index in [1.54, 1.807) is 23.5 Å². The van der Waals surface area contributed by atoms with Crippen LogP contribution in [-0.2, 0) is 27.3 Å². The van der Waals surface area contributed by atoms with Crippen molar-refractivity contribution in [3.8, 4) is 33.1 Å². The molecule has 0 aliphatic carbocycles. The minimum Gasteiger partial charge on any atom is -0.476 e. The Morgan fingerprint density at radius 1 is 0.829 bits per heavy atom. The number of nitrogens with zero attached hydrogens (tertiary/aromatic N) is 5. The average molecular weight is 1140 g/mol. The molecule has 8 aromatic rings. The summed E-state index contributed by atoms with van der Waals surface area (Å²) in [5, 5.41) is 30.9. The number of carbonyl (C=O) groups is 5. The van der Waals surface area contributed by atoms with Crippen molar-refractivity contribution in [2.75, 3.05) is 23.3 Å². The average Bonchev–Trinajstić information content (AvgIpc) is 4.29. The second-order valence-electron chi connectivity index (χ2n) is 22.3. The van der Waals surface area contributed by atoms with Crippen LogP contribution in [0.15, 0.2) is 127 Å². The summed E-state index contributed by atoms with van der Waals surface area (Å²) in [5.74, 6) is -0.972. The Balaban J connectivity index is 0.747. The molecule has 5 atom stereocenters. The van der Waals surface area contributed by atoms with Crippen LogP contribution < -0.4 is 25.6 Å². The summed E-state index contributed by atoms with van der Waals surface area (Å²) in [5.41, 5.74) is 9.93. The van der Waals surface area contributed by atoms with Gasteiger partial charge in [-0.3, -0.25) is 24.5 Å². The van der Waals surface area contributed by atoms with Gasteiger partial charge in [0.05, 0.1) is 38.4 Å². The first kappa shape index (κ1) is 56.9. The molecule has 0 radical (unpaired) electrons. The molecule has 3 aromatic heterocycles. The quantitative estimate of drug-likeness (QED) is 0.0576. The standard InChI is InChI=1S/C64H66N8O8S2/c1-36(18-29-55(74)69-58(64(5,6)7)61(77)72-33-44(73)32-51(72)60(76)66-38(3)41-19-21-43(22-20-41)57-39(4)65-35-81-57)40-23-25-45(26-24-40)80-52-16-11-13-46(37(52)2)47-27-28-54(68-56(47)62(78)79)71-31-30-42-12-10-14-48(49(42)34-71)59(75)70-63-67-50-15-8-9-17-53(50)82-63/h8-17,19-28,35-36,38,44,51,58,73H,18,29-34H2,1-7H3,(H,66,76)(H,69,74)(H,78,79)(H,67,70,75). The van der Waals surface area contributed by atoms with Gasteiger partial charge in [-0.15, -0.1) is 11.3 Å². The first-order chi connectivity index (χ1) is 39.3. The number of likely N-dealkylation sites (tertiary alicyclic amines) is 1. The van der Waals surface area contributed by atoms with Crippen LogP contribution in [0, 0.1) is 19.3 Å². The van der Waals surface area contributed by atoms with Gasteiger partial charge in [0, 0.05) is 43.6 Å². The molecule has 16 nitrogen and oxygen atoms in total. The molecule has 0 saturated carbocycles. The highest BCUT2D eigenvalue weighted by molar-refractivity contribution is 7.22. The SMILES string of the molecule is Cc1ncsc1-c1ccc(C(C)NC(=O)C2CC(O)CN2C(=O)C(NC(=O)CCC(C)c2ccc(Oc3cccc(-c4ccc(N5CCc6cccc(C(=O)Nc7nc8ccccc8s7)c6C5)nc4C(=O)O)c3C)cc2)C(C)(C)C)cc1. The highest BCUT2D eigenvalue weighted by atomic mass is 32.1. The van der Waals surface area contributed by atoms with E-state index in [-0.39, 0.29) is 54.8 Å². The third-order valence-electron chi connectivity index (χ3n) is 15.6. The van der Waals surface area contributed by atoms with E-state index >= 15 is 0 Å². The molecular formula is C64H66N8O8S2. The van der Waals surface area contributed by atoms with Crippen molar-refractivity contribution in [1.29, 1.82) is 0 Å². The predicted molar refractivity (Wildman–Crippen MR) is 321 cm³/mol. The molecule has 10 rings (SSSR count). The number of para-hydroxylation sites is 1. The maximum Gasteiger partial charge on any atom is 0.355 e. The number of hydrogen-bond donors (Lipinski definition) is 5. The first-order valence-electron chi connectivity index (χ1n) is 27.5. The number of anilines is 2. The largest absolute Gasteiger partial charge is 0.476 e. The number of fused-ring (bicyclic) bond motifs is 2. The van der Waals surface area contributed by atoms with Crippen molar-refractivity contribution in [2.45, 2.75) is 111 Å². The number of carboxylic acid groups (broad SMARTS) is 1. The summed E-state index contributed by atoms with van der Waals surface area (Å²) in [6, 6.07) is 35.8. The second-order valence-corrected chi connectivity index (χ2v) is 24.2. The van der Waals surface area contributed by atoms with E-state index in [2.05, 4.69) is 25.9 Å². The van der Waals surface area contributed by atoms with Crippen LogP contribution in [0.3, 0.4) is 0 Å². The van der Waals surface area contributed by atoms with Crippen LogP contribution in [0.5, 0.6) is 11.5 Å². The molecule has 422 valence electrons. The molecule has 82 heavy (non-hydrogen) atoms. The number of ether oxygens (including phenoxy) is 1. The molecule has 0 bridgehead atoms. The van der Waals surface area contributed by atoms with E-state index in [0.717, 1.165) is 54.2 Å². The molecular weight excluding hydrogens is 1070 g/mol. The molecule has 1 fully saturated rings. The van der Waals surface area contributed by atoms with E-state index in [1.807, 2.05) is 168 Å². The van der Waals surface area contributed by atoms with Gasteiger partial charge in [0.1, 0.15) is 29.4 Å². The summed E-state index contributed by atoms with van der Waals surface area (Å²) in [6.45, 7) is 14.3. The van der Waals surface area contributed by atoms with Gasteiger partial charge in [-0.1, -0.05) is 112 Å². The molecule has 5 unspecified atom stereocenters. The summed E-state index contributed by atoms with van der Waals surface area (Å²) in [4.78, 5) is 86.6. The normalized spacial score (nSPS) is 16.2. The van der Waals surface area contributed by atoms with Crippen molar-refractivity contribution in [3.63, 3.8) is 0 Å². The van der Waals surface area contributed by atoms with E-state index in [0.29, 0.717) is 65.1 Å². The smallest absolute Gasteiger partial charge is 0.355 e. The van der Waals surface area contributed by atoms with Gasteiger partial charge < -0.3 is 35.4 Å². The highest BCUT2D eigenvalue weighted by Crippen LogP contribution is 2.38. The van der Waals surface area contributed by atoms with Gasteiger partial charge in [-0.25, -0.2) is 19.7 Å². The number of amides is 4. The number of aromatic nitrogens is 3. The van der Waals surface area contributed by atoms with Crippen molar-refractivity contribution in [1.82, 2.24) is 30.5 Å². The number of carboxylic acids is 1. The van der Waals surface area contributed by atoms with Gasteiger partial charge in [0.15, 0.2) is 10.8 Å². The van der Waals surface area contributed by atoms with Gasteiger partial charge in [0.25, 0.3) is 5.91 Å². The Morgan fingerprint density at radius 2 is 1.57 bits per heavy atom. The first-order valence-corrected chi connectivity index (χ1v) is 29.2. The Bertz CT molecular complexity index is 3670. The zero-order valence-corrected chi connectivity index (χ0v) is 48.5. The molecule has 5 N–H and O–H groups in total. The topological polar surface area (TPSA) is 216 Å². The Kier molecular flexibility index (Phi) is 16.7. The molecule has 4 amide bonds. The van der Waals surface area contributed by atoms with Crippen molar-refractivity contribution >= 4 is 73.4 Å². The number of thiazole rings is 2. The van der Waals surface area contributed by atoms with Crippen LogP contribution in [-0.4, -0.2) is 90.9 Å². The lowest BCUT2D eigenvalue weighted by molar-refractivity contribution is -0.144. The Hall–Kier alpha value is -8.32. The number of pyridine rings is 1. The van der Waals surface area contributed by atoms with E-state index < -0.39 is 35.5 Å². The van der Waals surface area contributed by atoms with E-state index in [9.17, 15) is 34.2 Å². The monoisotopic (exact) mass is 1140 g/mol. The lowest BCUT2D eigenvalue weighted by Gasteiger charge is -2.35. The number of aliphatic hydroxyl groups is 1. The summed E-state index contributed by atoms with van der Waals surface area (Å²) in [7, 11) is 0. The molecule has 0 spiro atoms. The number of rotatable bonds is 17. The van der Waals surface area contributed by atoms with Crippen LogP contribution in [0.1, 0.15) is 120 Å². The molecule has 1 saturated heterocycles. The molecule has 5 aromatic carbocycles.